The Morgan fingerprint density at radius 3 is 2.50 bits per heavy atom. The van der Waals surface area contributed by atoms with E-state index >= 15 is 0 Å². The number of phenols is 1. The lowest BCUT2D eigenvalue weighted by molar-refractivity contribution is 0.398. The van der Waals surface area contributed by atoms with E-state index in [1.807, 2.05) is 6.92 Å². The molecule has 1 aromatic rings. The second-order valence-electron chi connectivity index (χ2n) is 5.37. The fourth-order valence-electron chi connectivity index (χ4n) is 2.81. The number of halogens is 1. The van der Waals surface area contributed by atoms with E-state index in [2.05, 4.69) is 35.1 Å². The minimum Gasteiger partial charge on any atom is -0.506 e. The summed E-state index contributed by atoms with van der Waals surface area (Å²) in [7, 11) is 0. The van der Waals surface area contributed by atoms with Crippen molar-refractivity contribution in [3.63, 3.8) is 0 Å². The summed E-state index contributed by atoms with van der Waals surface area (Å²) in [5.41, 5.74) is 4.80. The smallest absolute Gasteiger partial charge is 0.133 e. The molecule has 2 nitrogen and oxygen atoms in total. The Balaban J connectivity index is 2.32. The zero-order valence-corrected chi connectivity index (χ0v) is 13.0. The van der Waals surface area contributed by atoms with E-state index < -0.39 is 0 Å². The van der Waals surface area contributed by atoms with E-state index in [0.717, 1.165) is 23.0 Å². The van der Waals surface area contributed by atoms with Gasteiger partial charge < -0.3 is 10.4 Å². The van der Waals surface area contributed by atoms with E-state index in [-0.39, 0.29) is 0 Å². The van der Waals surface area contributed by atoms with Crippen LogP contribution < -0.4 is 5.32 Å². The molecule has 1 heterocycles. The lowest BCUT2D eigenvalue weighted by Gasteiger charge is -2.26. The lowest BCUT2D eigenvalue weighted by Crippen LogP contribution is -2.36. The van der Waals surface area contributed by atoms with E-state index in [0.29, 0.717) is 11.8 Å². The van der Waals surface area contributed by atoms with Crippen LogP contribution >= 0.6 is 15.9 Å². The summed E-state index contributed by atoms with van der Waals surface area (Å²) >= 11 is 3.51. The third kappa shape index (κ3) is 2.57. The number of phenolic OH excluding ortho intramolecular Hbond substituents is 1. The molecule has 1 saturated heterocycles. The highest BCUT2D eigenvalue weighted by Gasteiger charge is 2.19. The number of piperidine rings is 1. The monoisotopic (exact) mass is 311 g/mol. The minimum absolute atomic E-state index is 0.394. The summed E-state index contributed by atoms with van der Waals surface area (Å²) < 4.78 is 0.858. The molecule has 0 aliphatic carbocycles. The first-order chi connectivity index (χ1) is 8.52. The van der Waals surface area contributed by atoms with E-state index in [1.165, 1.54) is 36.0 Å². The van der Waals surface area contributed by atoms with Gasteiger partial charge >= 0.3 is 0 Å². The summed E-state index contributed by atoms with van der Waals surface area (Å²) in [6.07, 6.45) is 4.95. The fraction of sp³-hybridized carbons (Fsp3) is 0.600. The predicted octanol–water partition coefficient (Wildman–Crippen LogP) is 3.76. The summed E-state index contributed by atoms with van der Waals surface area (Å²) in [5.74, 6) is 0.394. The molecule has 3 heteroatoms. The van der Waals surface area contributed by atoms with Gasteiger partial charge in [-0.05, 0) is 84.8 Å². The number of hydrogen-bond acceptors (Lipinski definition) is 2. The number of nitrogens with one attached hydrogen (secondary N) is 1. The van der Waals surface area contributed by atoms with Gasteiger partial charge in [0.05, 0.1) is 4.47 Å². The zero-order valence-electron chi connectivity index (χ0n) is 11.4. The highest BCUT2D eigenvalue weighted by atomic mass is 79.9. The van der Waals surface area contributed by atoms with Crippen LogP contribution in [0.3, 0.4) is 0 Å². The van der Waals surface area contributed by atoms with Crippen molar-refractivity contribution in [3.8, 4) is 5.75 Å². The van der Waals surface area contributed by atoms with Gasteiger partial charge in [0, 0.05) is 6.04 Å². The van der Waals surface area contributed by atoms with Crippen LogP contribution in [0.25, 0.3) is 0 Å². The molecule has 1 aliphatic heterocycles. The number of aromatic hydroxyl groups is 1. The lowest BCUT2D eigenvalue weighted by atomic mass is 9.90. The van der Waals surface area contributed by atoms with Crippen molar-refractivity contribution in [2.75, 3.05) is 6.54 Å². The molecule has 0 aromatic heterocycles. The van der Waals surface area contributed by atoms with Crippen LogP contribution in [0, 0.1) is 20.8 Å². The maximum absolute atomic E-state index is 10.0. The first kappa shape index (κ1) is 13.9. The average molecular weight is 312 g/mol. The number of hydrogen-bond donors (Lipinski definition) is 2. The van der Waals surface area contributed by atoms with Crippen LogP contribution in [0.5, 0.6) is 5.75 Å². The summed E-state index contributed by atoms with van der Waals surface area (Å²) in [6.45, 7) is 7.34. The number of rotatable bonds is 2. The third-order valence-electron chi connectivity index (χ3n) is 4.22. The topological polar surface area (TPSA) is 32.3 Å². The van der Waals surface area contributed by atoms with Crippen molar-refractivity contribution in [2.45, 2.75) is 52.5 Å². The fourth-order valence-corrected chi connectivity index (χ4v) is 3.35. The molecule has 1 atom stereocenters. The molecule has 2 N–H and O–H groups in total. The summed E-state index contributed by atoms with van der Waals surface area (Å²) in [5, 5.41) is 13.6. The Morgan fingerprint density at radius 1 is 1.17 bits per heavy atom. The second-order valence-corrected chi connectivity index (χ2v) is 6.16. The van der Waals surface area contributed by atoms with Gasteiger partial charge in [0.15, 0.2) is 0 Å². The minimum atomic E-state index is 0.394. The molecular formula is C15H22BrNO. The van der Waals surface area contributed by atoms with Crippen molar-refractivity contribution in [1.29, 1.82) is 0 Å². The molecule has 0 amide bonds. The molecule has 0 spiro atoms. The van der Waals surface area contributed by atoms with Gasteiger partial charge in [-0.3, -0.25) is 0 Å². The standard InChI is InChI=1S/C15H22BrNO/c1-9-10(2)15(18)14(16)11(3)13(9)8-12-6-4-5-7-17-12/h12,17-18H,4-8H2,1-3H3. The molecule has 0 radical (unpaired) electrons. The largest absolute Gasteiger partial charge is 0.506 e. The van der Waals surface area contributed by atoms with Gasteiger partial charge in [-0.1, -0.05) is 6.42 Å². The molecule has 1 aliphatic rings. The molecular weight excluding hydrogens is 290 g/mol. The predicted molar refractivity (Wildman–Crippen MR) is 79.4 cm³/mol. The Kier molecular flexibility index (Phi) is 4.33. The summed E-state index contributed by atoms with van der Waals surface area (Å²) in [6, 6.07) is 0.590. The summed E-state index contributed by atoms with van der Waals surface area (Å²) in [4.78, 5) is 0. The molecule has 0 bridgehead atoms. The first-order valence-corrected chi connectivity index (χ1v) is 7.52. The van der Waals surface area contributed by atoms with E-state index in [4.69, 9.17) is 0 Å². The Bertz CT molecular complexity index is 421. The van der Waals surface area contributed by atoms with Crippen molar-refractivity contribution >= 4 is 15.9 Å². The maximum atomic E-state index is 10.0. The normalized spacial score (nSPS) is 20.1. The Hall–Kier alpha value is -0.540. The van der Waals surface area contributed by atoms with Crippen molar-refractivity contribution in [2.24, 2.45) is 0 Å². The van der Waals surface area contributed by atoms with E-state index in [9.17, 15) is 5.11 Å². The van der Waals surface area contributed by atoms with Crippen molar-refractivity contribution in [1.82, 2.24) is 5.32 Å². The Morgan fingerprint density at radius 2 is 1.89 bits per heavy atom. The van der Waals surface area contributed by atoms with Crippen LogP contribution in [0.15, 0.2) is 4.47 Å². The molecule has 1 unspecified atom stereocenters. The van der Waals surface area contributed by atoms with Crippen LogP contribution in [0.4, 0.5) is 0 Å². The van der Waals surface area contributed by atoms with Gasteiger partial charge in [-0.15, -0.1) is 0 Å². The maximum Gasteiger partial charge on any atom is 0.133 e. The molecule has 1 aromatic carbocycles. The van der Waals surface area contributed by atoms with Crippen LogP contribution in [-0.4, -0.2) is 17.7 Å². The van der Waals surface area contributed by atoms with E-state index in [1.54, 1.807) is 0 Å². The van der Waals surface area contributed by atoms with Gasteiger partial charge in [-0.25, -0.2) is 0 Å². The van der Waals surface area contributed by atoms with Crippen LogP contribution in [-0.2, 0) is 6.42 Å². The quantitative estimate of drug-likeness (QED) is 0.871. The highest BCUT2D eigenvalue weighted by Crippen LogP contribution is 2.36. The van der Waals surface area contributed by atoms with Gasteiger partial charge in [0.25, 0.3) is 0 Å². The highest BCUT2D eigenvalue weighted by molar-refractivity contribution is 9.10. The number of benzene rings is 1. The van der Waals surface area contributed by atoms with Crippen LogP contribution in [0.2, 0.25) is 0 Å². The molecule has 1 fully saturated rings. The van der Waals surface area contributed by atoms with Gasteiger partial charge in [0.2, 0.25) is 0 Å². The van der Waals surface area contributed by atoms with Crippen molar-refractivity contribution < 1.29 is 5.11 Å². The SMILES string of the molecule is Cc1c(C)c(CC2CCCCN2)c(C)c(Br)c1O. The molecule has 2 rings (SSSR count). The van der Waals surface area contributed by atoms with Gasteiger partial charge in [0.1, 0.15) is 5.75 Å². The second kappa shape index (κ2) is 5.62. The van der Waals surface area contributed by atoms with Crippen molar-refractivity contribution in [3.05, 3.63) is 26.7 Å². The van der Waals surface area contributed by atoms with Crippen LogP contribution in [0.1, 0.15) is 41.5 Å². The average Bonchev–Trinajstić information content (AvgIpc) is 2.40. The molecule has 0 saturated carbocycles. The molecule has 18 heavy (non-hydrogen) atoms. The van der Waals surface area contributed by atoms with Gasteiger partial charge in [-0.2, -0.15) is 0 Å². The Labute approximate surface area is 118 Å². The third-order valence-corrected chi connectivity index (χ3v) is 5.19. The first-order valence-electron chi connectivity index (χ1n) is 6.72. The zero-order chi connectivity index (χ0) is 13.3. The molecule has 100 valence electrons.